The van der Waals surface area contributed by atoms with Gasteiger partial charge >= 0.3 is 0 Å². The smallest absolute Gasteiger partial charge is 0.00412 e. The van der Waals surface area contributed by atoms with E-state index < -0.39 is 0 Å². The molecule has 0 saturated heterocycles. The predicted octanol–water partition coefficient (Wildman–Crippen LogP) is 13.9. The molecule has 0 aromatic carbocycles. The number of hydrogen-bond acceptors (Lipinski definition) is 1. The molecule has 1 heteroatoms. The minimum atomic E-state index is 0.693. The highest BCUT2D eigenvalue weighted by Gasteiger charge is 2.07. The van der Waals surface area contributed by atoms with Crippen molar-refractivity contribution in [3.63, 3.8) is 0 Å². The largest absolute Gasteiger partial charge is 0.312 e. The van der Waals surface area contributed by atoms with Crippen LogP contribution in [-0.2, 0) is 0 Å². The molecular weight excluding hydrogens is 470 g/mol. The van der Waals surface area contributed by atoms with Gasteiger partial charge in [0.1, 0.15) is 0 Å². The highest BCUT2D eigenvalue weighted by Crippen LogP contribution is 2.16. The number of hydrogen-bond donors (Lipinski definition) is 1. The first kappa shape index (κ1) is 39.0. The normalized spacial score (nSPS) is 13.2. The van der Waals surface area contributed by atoms with Crippen LogP contribution in [0.3, 0.4) is 0 Å². The van der Waals surface area contributed by atoms with Crippen LogP contribution in [0.1, 0.15) is 233 Å². The molecule has 1 N–H and O–H groups in total. The van der Waals surface area contributed by atoms with E-state index in [1.165, 1.54) is 205 Å². The molecule has 0 radical (unpaired) electrons. The highest BCUT2D eigenvalue weighted by molar-refractivity contribution is 4.68. The second-order valence-electron chi connectivity index (χ2n) is 13.4. The lowest BCUT2D eigenvalue weighted by Crippen LogP contribution is -2.34. The number of rotatable bonds is 34. The molecular formula is C38H79N. The van der Waals surface area contributed by atoms with Gasteiger partial charge in [-0.05, 0) is 26.7 Å². The molecule has 0 fully saturated rings. The quantitative estimate of drug-likeness (QED) is 0.0787. The molecule has 0 aliphatic rings. The van der Waals surface area contributed by atoms with E-state index in [1.807, 2.05) is 0 Å². The molecule has 0 heterocycles. The molecule has 0 aliphatic heterocycles. The Morgan fingerprint density at radius 2 is 0.462 bits per heavy atom. The van der Waals surface area contributed by atoms with E-state index >= 15 is 0 Å². The second-order valence-corrected chi connectivity index (χ2v) is 13.4. The lowest BCUT2D eigenvalue weighted by molar-refractivity contribution is 0.402. The van der Waals surface area contributed by atoms with Crippen LogP contribution in [0.15, 0.2) is 0 Å². The Kier molecular flexibility index (Phi) is 34.1. The van der Waals surface area contributed by atoms with Crippen LogP contribution in [0.25, 0.3) is 0 Å². The third kappa shape index (κ3) is 34.1. The Hall–Kier alpha value is -0.0400. The first-order chi connectivity index (χ1) is 19.2. The summed E-state index contributed by atoms with van der Waals surface area (Å²) in [4.78, 5) is 0. The molecule has 0 rings (SSSR count). The zero-order valence-electron chi connectivity index (χ0n) is 28.3. The molecule has 2 atom stereocenters. The van der Waals surface area contributed by atoms with Gasteiger partial charge in [-0.3, -0.25) is 0 Å². The van der Waals surface area contributed by atoms with Gasteiger partial charge in [0.15, 0.2) is 0 Å². The summed E-state index contributed by atoms with van der Waals surface area (Å²) >= 11 is 0. The van der Waals surface area contributed by atoms with E-state index in [4.69, 9.17) is 0 Å². The third-order valence-corrected chi connectivity index (χ3v) is 9.05. The summed E-state index contributed by atoms with van der Waals surface area (Å²) in [6, 6.07) is 1.39. The molecule has 0 bridgehead atoms. The lowest BCUT2D eigenvalue weighted by Gasteiger charge is -2.20. The standard InChI is InChI=1S/C38H79N/c1-5-7-9-11-13-15-17-19-21-23-25-27-29-31-33-35-37(3)39-38(4)36-34-32-30-28-26-24-22-20-18-16-14-12-10-8-6-2/h37-39H,5-36H2,1-4H3. The molecule has 0 aromatic heterocycles. The summed E-state index contributed by atoms with van der Waals surface area (Å²) in [6.45, 7) is 9.43. The van der Waals surface area contributed by atoms with Crippen LogP contribution in [0.4, 0.5) is 0 Å². The van der Waals surface area contributed by atoms with Gasteiger partial charge in [-0.15, -0.1) is 0 Å². The minimum absolute atomic E-state index is 0.693. The van der Waals surface area contributed by atoms with Crippen molar-refractivity contribution in [2.45, 2.75) is 245 Å². The Balaban J connectivity index is 3.26. The van der Waals surface area contributed by atoms with Crippen molar-refractivity contribution in [3.05, 3.63) is 0 Å². The van der Waals surface area contributed by atoms with Crippen LogP contribution in [0.5, 0.6) is 0 Å². The Labute approximate surface area is 250 Å². The fourth-order valence-corrected chi connectivity index (χ4v) is 6.30. The first-order valence-corrected chi connectivity index (χ1v) is 19.0. The summed E-state index contributed by atoms with van der Waals surface area (Å²) in [6.07, 6.45) is 46.5. The Morgan fingerprint density at radius 3 is 0.667 bits per heavy atom. The van der Waals surface area contributed by atoms with E-state index in [-0.39, 0.29) is 0 Å². The van der Waals surface area contributed by atoms with Crippen LogP contribution < -0.4 is 5.32 Å². The maximum atomic E-state index is 3.88. The molecule has 2 unspecified atom stereocenters. The van der Waals surface area contributed by atoms with E-state index in [9.17, 15) is 0 Å². The van der Waals surface area contributed by atoms with Crippen LogP contribution >= 0.6 is 0 Å². The molecule has 39 heavy (non-hydrogen) atoms. The van der Waals surface area contributed by atoms with Crippen molar-refractivity contribution < 1.29 is 0 Å². The predicted molar refractivity (Wildman–Crippen MR) is 181 cm³/mol. The van der Waals surface area contributed by atoms with Crippen molar-refractivity contribution >= 4 is 0 Å². The molecule has 0 spiro atoms. The van der Waals surface area contributed by atoms with Crippen molar-refractivity contribution in [2.75, 3.05) is 0 Å². The molecule has 0 amide bonds. The maximum Gasteiger partial charge on any atom is 0.00412 e. The highest BCUT2D eigenvalue weighted by atomic mass is 14.9. The van der Waals surface area contributed by atoms with Gasteiger partial charge < -0.3 is 5.32 Å². The van der Waals surface area contributed by atoms with Gasteiger partial charge in [-0.25, -0.2) is 0 Å². The molecule has 236 valence electrons. The Morgan fingerprint density at radius 1 is 0.282 bits per heavy atom. The van der Waals surface area contributed by atoms with Gasteiger partial charge in [-0.1, -0.05) is 206 Å². The van der Waals surface area contributed by atoms with Crippen molar-refractivity contribution in [3.8, 4) is 0 Å². The van der Waals surface area contributed by atoms with Gasteiger partial charge in [-0.2, -0.15) is 0 Å². The SMILES string of the molecule is CCCCCCCCCCCCCCCCCC(C)NC(C)CCCCCCCCCCCCCCCCC. The average molecular weight is 550 g/mol. The summed E-state index contributed by atoms with van der Waals surface area (Å²) in [5.74, 6) is 0. The maximum absolute atomic E-state index is 3.88. The van der Waals surface area contributed by atoms with Crippen LogP contribution in [-0.4, -0.2) is 12.1 Å². The first-order valence-electron chi connectivity index (χ1n) is 19.0. The number of nitrogens with one attached hydrogen (secondary N) is 1. The van der Waals surface area contributed by atoms with Crippen molar-refractivity contribution in [2.24, 2.45) is 0 Å². The van der Waals surface area contributed by atoms with Crippen LogP contribution in [0, 0.1) is 0 Å². The Bertz CT molecular complexity index is 381. The zero-order valence-corrected chi connectivity index (χ0v) is 28.3. The molecule has 1 nitrogen and oxygen atoms in total. The van der Waals surface area contributed by atoms with Crippen molar-refractivity contribution in [1.82, 2.24) is 5.32 Å². The monoisotopic (exact) mass is 550 g/mol. The van der Waals surface area contributed by atoms with Gasteiger partial charge in [0.25, 0.3) is 0 Å². The fraction of sp³-hybridized carbons (Fsp3) is 1.00. The average Bonchev–Trinajstić information content (AvgIpc) is 2.93. The van der Waals surface area contributed by atoms with Gasteiger partial charge in [0.05, 0.1) is 0 Å². The zero-order chi connectivity index (χ0) is 28.5. The molecule has 0 aromatic rings. The number of unbranched alkanes of at least 4 members (excludes halogenated alkanes) is 28. The van der Waals surface area contributed by atoms with E-state index in [0.29, 0.717) is 12.1 Å². The van der Waals surface area contributed by atoms with E-state index in [1.54, 1.807) is 0 Å². The van der Waals surface area contributed by atoms with Gasteiger partial charge in [0.2, 0.25) is 0 Å². The molecule has 0 aliphatic carbocycles. The fourth-order valence-electron chi connectivity index (χ4n) is 6.30. The minimum Gasteiger partial charge on any atom is -0.312 e. The van der Waals surface area contributed by atoms with E-state index in [2.05, 4.69) is 33.0 Å². The van der Waals surface area contributed by atoms with Crippen LogP contribution in [0.2, 0.25) is 0 Å². The summed E-state index contributed by atoms with van der Waals surface area (Å²) in [5.41, 5.74) is 0. The lowest BCUT2D eigenvalue weighted by atomic mass is 10.0. The van der Waals surface area contributed by atoms with E-state index in [0.717, 1.165) is 0 Å². The third-order valence-electron chi connectivity index (χ3n) is 9.05. The van der Waals surface area contributed by atoms with Crippen molar-refractivity contribution in [1.29, 1.82) is 0 Å². The summed E-state index contributed by atoms with van der Waals surface area (Å²) in [5, 5.41) is 3.88. The summed E-state index contributed by atoms with van der Waals surface area (Å²) in [7, 11) is 0. The molecule has 0 saturated carbocycles. The topological polar surface area (TPSA) is 12.0 Å². The summed E-state index contributed by atoms with van der Waals surface area (Å²) < 4.78 is 0. The second kappa shape index (κ2) is 34.2. The van der Waals surface area contributed by atoms with Gasteiger partial charge in [0, 0.05) is 12.1 Å².